The molecule has 0 fully saturated rings. The van der Waals surface area contributed by atoms with Crippen LogP contribution in [0.5, 0.6) is 0 Å². The fourth-order valence-corrected chi connectivity index (χ4v) is 35.5. The second-order valence-corrected chi connectivity index (χ2v) is 51.7. The predicted molar refractivity (Wildman–Crippen MR) is 629 cm³/mol. The van der Waals surface area contributed by atoms with Crippen LogP contribution in [0.1, 0.15) is 22.3 Å². The van der Waals surface area contributed by atoms with Gasteiger partial charge in [0.25, 0.3) is 0 Å². The van der Waals surface area contributed by atoms with Crippen molar-refractivity contribution in [3.63, 3.8) is 0 Å². The first-order valence-corrected chi connectivity index (χ1v) is 58.1. The minimum Gasteiger partial charge on any atom is -0.0623 e. The maximum atomic E-state index is 2.68. The largest absolute Gasteiger partial charge is 0.113 e. The summed E-state index contributed by atoms with van der Waals surface area (Å²) in [6.45, 7) is 10.3. The van der Waals surface area contributed by atoms with Gasteiger partial charge in [0.15, 0.2) is 0 Å². The highest BCUT2D eigenvalue weighted by Gasteiger charge is 2.52. The summed E-state index contributed by atoms with van der Waals surface area (Å²) in [6, 6.07) is 182. The molecule has 0 N–H and O–H groups in total. The summed E-state index contributed by atoms with van der Waals surface area (Å²) in [4.78, 5) is 0. The summed E-state index contributed by atoms with van der Waals surface area (Å²) < 4.78 is 0. The molecule has 0 saturated carbocycles. The third kappa shape index (κ3) is 10.8. The van der Waals surface area contributed by atoms with Crippen molar-refractivity contribution in [3.05, 3.63) is 495 Å². The Hall–Kier alpha value is -17.8. The molecule has 2 aliphatic heterocycles. The van der Waals surface area contributed by atoms with Gasteiger partial charge in [0.1, 0.15) is 16.1 Å². The number of hydrogen-bond donors (Lipinski definition) is 0. The second-order valence-electron chi connectivity index (χ2n) is 43.0. The number of rotatable bonds is 7. The van der Waals surface area contributed by atoms with Crippen LogP contribution in [0.3, 0.4) is 0 Å². The molecule has 0 aromatic heterocycles. The van der Waals surface area contributed by atoms with E-state index in [9.17, 15) is 0 Å². The summed E-state index contributed by atoms with van der Waals surface area (Å²) in [6.07, 6.45) is 0. The number of hydrogen-bond acceptors (Lipinski definition) is 0. The molecule has 0 nitrogen and oxygen atoms in total. The lowest BCUT2D eigenvalue weighted by atomic mass is 9.70. The van der Waals surface area contributed by atoms with Gasteiger partial charge in [0.05, 0.1) is 5.41 Å². The Balaban J connectivity index is 0.000000130. The highest BCUT2D eigenvalue weighted by atomic mass is 28.3. The van der Waals surface area contributed by atoms with Crippen molar-refractivity contribution in [2.75, 3.05) is 0 Å². The van der Waals surface area contributed by atoms with Gasteiger partial charge in [-0.2, -0.15) is 0 Å². The van der Waals surface area contributed by atoms with Gasteiger partial charge in [-0.25, -0.2) is 0 Å². The van der Waals surface area contributed by atoms with E-state index in [-0.39, 0.29) is 0 Å². The SMILES string of the molecule is C[Si]1(C)c2ccccc2-c2cc3c(-c4ccc5c6c(cccc46)-c4ccccc4-5)c4ccc(-c5ccc6c(c5)C5(c7ccccc7-c7ccccc75)c5ccccc5-6)cc4c(-c4ccc5c6c(cccc46)-c4ccccc4-5)c3cc21.C[Si]1(C)c2ccccc2-c2cc3c(-c4ccc5c6c(cccc46)-c4ccccc4-5)c4ccc(-c5ccccc5-c5ccccc5)cc4c(-c4ccc5c6c(cccc46)-c4ccccc4-5)c3cc21. The third-order valence-electron chi connectivity index (χ3n) is 35.6. The number of fused-ring (bicyclic) bond motifs is 32. The molecule has 34 rings (SSSR count). The minimum absolute atomic E-state index is 0.438. The van der Waals surface area contributed by atoms with Crippen molar-refractivity contribution in [3.8, 4) is 211 Å². The Bertz CT molecular complexity index is 10400. The van der Waals surface area contributed by atoms with Crippen LogP contribution in [-0.4, -0.2) is 16.1 Å². The summed E-state index contributed by atoms with van der Waals surface area (Å²) in [5.74, 6) is 0. The van der Waals surface area contributed by atoms with E-state index in [0.29, 0.717) is 0 Å². The van der Waals surface area contributed by atoms with Gasteiger partial charge >= 0.3 is 0 Å². The molecule has 0 bridgehead atoms. The van der Waals surface area contributed by atoms with E-state index in [2.05, 4.69) is 499 Å². The Kier molecular flexibility index (Phi) is 16.5. The second kappa shape index (κ2) is 29.7. The van der Waals surface area contributed by atoms with Crippen LogP contribution in [0.25, 0.3) is 298 Å². The van der Waals surface area contributed by atoms with Gasteiger partial charge < -0.3 is 0 Å². The van der Waals surface area contributed by atoms with Crippen LogP contribution in [0, 0.1) is 0 Å². The summed E-state index contributed by atoms with van der Waals surface area (Å²) >= 11 is 0. The first kappa shape index (κ1) is 81.7. The summed E-state index contributed by atoms with van der Waals surface area (Å²) in [5.41, 5.74) is 54.8. The number of benzene rings is 26. The molecule has 2 heterocycles. The van der Waals surface area contributed by atoms with Crippen LogP contribution < -0.4 is 20.7 Å². The average molecular weight is 1890 g/mol. The molecule has 6 aliphatic carbocycles. The van der Waals surface area contributed by atoms with Crippen LogP contribution in [0.2, 0.25) is 26.2 Å². The molecule has 0 amide bonds. The first-order chi connectivity index (χ1) is 72.5. The van der Waals surface area contributed by atoms with Crippen molar-refractivity contribution in [1.82, 2.24) is 0 Å². The lowest BCUT2D eigenvalue weighted by Gasteiger charge is -2.30. The van der Waals surface area contributed by atoms with E-state index in [1.807, 2.05) is 0 Å². The van der Waals surface area contributed by atoms with Crippen molar-refractivity contribution in [2.24, 2.45) is 0 Å². The minimum atomic E-state index is -2.14. The Morgan fingerprint density at radius 1 is 0.122 bits per heavy atom. The van der Waals surface area contributed by atoms with Gasteiger partial charge in [0, 0.05) is 0 Å². The first-order valence-electron chi connectivity index (χ1n) is 52.1. The highest BCUT2D eigenvalue weighted by molar-refractivity contribution is 7.04. The van der Waals surface area contributed by atoms with Crippen molar-refractivity contribution in [2.45, 2.75) is 31.6 Å². The lowest BCUT2D eigenvalue weighted by Crippen LogP contribution is -2.49. The standard InChI is InChI=1S/C79H48Si.C66H42Si/c1-80(2)73-32-14-10-24-55(73)65-43-67-68(44-74(65)80)78(63-40-38-61-50-20-6-4-18-48(50)57-26-16-28-59(63)76(57)61)66-41-45(34-36-64(66)77(67)62-39-37-60-49-19-5-3-17-47(49)56-25-15-27-58(62)75(56)60)46-33-35-54-53-23-9-13-31-71(53)79(72(54)42-46)69-29-11-7-21-51(69)52-22-8-12-30-70(52)79;1-67(2)61-29-13-12-24-47(61)57-37-59-60(38-62(57)67)66(55-35-33-53-46-23-11-9-21-44(46)49-26-15-28-51(55)64(49)53)58-36-40(42-19-7-6-18-41(42)39-16-4-3-5-17-39)30-31-56(58)65(59)54-34-32-52-45-22-10-8-20-43(45)48-25-14-27-50(54)63(48)52/h3-44H,1-2H3;3-38H,1-2H3. The van der Waals surface area contributed by atoms with E-state index in [4.69, 9.17) is 0 Å². The van der Waals surface area contributed by atoms with E-state index in [1.54, 1.807) is 0 Å². The predicted octanol–water partition coefficient (Wildman–Crippen LogP) is 36.8. The van der Waals surface area contributed by atoms with Gasteiger partial charge in [-0.15, -0.1) is 0 Å². The zero-order valence-corrected chi connectivity index (χ0v) is 83.5. The van der Waals surface area contributed by atoms with E-state index >= 15 is 0 Å². The van der Waals surface area contributed by atoms with Gasteiger partial charge in [-0.05, 0) is 371 Å². The molecule has 147 heavy (non-hydrogen) atoms. The molecule has 2 heteroatoms. The molecule has 1 spiro atoms. The van der Waals surface area contributed by atoms with Crippen molar-refractivity contribution >= 4 is 123 Å². The normalized spacial score (nSPS) is 13.9. The Labute approximate surface area is 854 Å². The van der Waals surface area contributed by atoms with Gasteiger partial charge in [-0.1, -0.05) is 469 Å². The lowest BCUT2D eigenvalue weighted by molar-refractivity contribution is 0.794. The molecule has 0 saturated heterocycles. The molecule has 26 aromatic rings. The fourth-order valence-electron chi connectivity index (χ4n) is 29.3. The monoisotopic (exact) mass is 1890 g/mol. The van der Waals surface area contributed by atoms with Crippen LogP contribution in [0.15, 0.2) is 473 Å². The highest BCUT2D eigenvalue weighted by Crippen LogP contribution is 2.66. The topological polar surface area (TPSA) is 0 Å². The average Bonchev–Trinajstić information content (AvgIpc) is 1.50. The maximum Gasteiger partial charge on any atom is 0.113 e. The van der Waals surface area contributed by atoms with Gasteiger partial charge in [0.2, 0.25) is 0 Å². The molecular weight excluding hydrogens is 1800 g/mol. The smallest absolute Gasteiger partial charge is 0.0623 e. The molecular formula is C145H90Si2. The molecule has 0 radical (unpaired) electrons. The quantitative estimate of drug-likeness (QED) is 0.110. The van der Waals surface area contributed by atoms with E-state index < -0.39 is 21.6 Å². The van der Waals surface area contributed by atoms with Crippen LogP contribution in [0.4, 0.5) is 0 Å². The molecule has 0 unspecified atom stereocenters. The van der Waals surface area contributed by atoms with E-state index in [0.717, 1.165) is 0 Å². The van der Waals surface area contributed by atoms with Crippen molar-refractivity contribution in [1.29, 1.82) is 0 Å². The molecule has 8 aliphatic rings. The maximum absolute atomic E-state index is 2.68. The summed E-state index contributed by atoms with van der Waals surface area (Å²) in [7, 11) is -4.23. The molecule has 0 atom stereocenters. The Morgan fingerprint density at radius 2 is 0.367 bits per heavy atom. The molecule has 26 aromatic carbocycles. The Morgan fingerprint density at radius 3 is 0.741 bits per heavy atom. The zero-order valence-electron chi connectivity index (χ0n) is 81.5. The van der Waals surface area contributed by atoms with Crippen LogP contribution in [-0.2, 0) is 5.41 Å². The molecule has 678 valence electrons. The van der Waals surface area contributed by atoms with Crippen LogP contribution >= 0.6 is 0 Å². The van der Waals surface area contributed by atoms with Gasteiger partial charge in [-0.3, -0.25) is 0 Å². The third-order valence-corrected chi connectivity index (χ3v) is 42.6. The van der Waals surface area contributed by atoms with E-state index in [1.165, 1.54) is 341 Å². The summed E-state index contributed by atoms with van der Waals surface area (Å²) in [5, 5.41) is 27.1. The van der Waals surface area contributed by atoms with Crippen molar-refractivity contribution < 1.29 is 0 Å². The fraction of sp³-hybridized carbons (Fsp3) is 0.0345. The zero-order chi connectivity index (χ0) is 96.5.